The number of oxime groups is 1. The van der Waals surface area contributed by atoms with Gasteiger partial charge in [0.05, 0.1) is 5.71 Å². The van der Waals surface area contributed by atoms with Gasteiger partial charge in [-0.2, -0.15) is 0 Å². The van der Waals surface area contributed by atoms with Gasteiger partial charge in [-0.25, -0.2) is 0 Å². The zero-order valence-electron chi connectivity index (χ0n) is 9.39. The molecular weight excluding hydrogens is 234 g/mol. The topological polar surface area (TPSA) is 32.6 Å². The van der Waals surface area contributed by atoms with Crippen molar-refractivity contribution in [2.24, 2.45) is 5.16 Å². The predicted molar refractivity (Wildman–Crippen MR) is 70.9 cm³/mol. The molecule has 2 aromatic rings. The normalized spacial score (nSPS) is 11.5. The van der Waals surface area contributed by atoms with Crippen LogP contribution in [0.5, 0.6) is 0 Å². The fraction of sp³-hybridized carbons (Fsp3) is 0.0714. The second-order valence-corrected chi connectivity index (χ2v) is 4.17. The first-order valence-electron chi connectivity index (χ1n) is 5.26. The van der Waals surface area contributed by atoms with Crippen LogP contribution in [0.4, 0.5) is 0 Å². The maximum Gasteiger partial charge on any atom is 0.0843 e. The standard InChI is InChI=1S/C14H12ClNO/c1-10(16-17)13-4-2-3-5-14(13)11-6-8-12(15)9-7-11/h2-9,17H,1H3. The quantitative estimate of drug-likeness (QED) is 0.480. The van der Waals surface area contributed by atoms with E-state index in [1.165, 1.54) is 0 Å². The summed E-state index contributed by atoms with van der Waals surface area (Å²) in [6.45, 7) is 1.77. The Bertz CT molecular complexity index is 546. The summed E-state index contributed by atoms with van der Waals surface area (Å²) in [6, 6.07) is 15.4. The summed E-state index contributed by atoms with van der Waals surface area (Å²) in [4.78, 5) is 0. The molecule has 1 N–H and O–H groups in total. The van der Waals surface area contributed by atoms with Crippen LogP contribution in [-0.4, -0.2) is 10.9 Å². The van der Waals surface area contributed by atoms with Crippen LogP contribution in [0, 0.1) is 0 Å². The molecule has 3 heteroatoms. The lowest BCUT2D eigenvalue weighted by molar-refractivity contribution is 0.319. The van der Waals surface area contributed by atoms with Crippen molar-refractivity contribution in [3.05, 3.63) is 59.1 Å². The van der Waals surface area contributed by atoms with E-state index in [9.17, 15) is 0 Å². The van der Waals surface area contributed by atoms with E-state index in [0.29, 0.717) is 10.7 Å². The molecule has 0 amide bonds. The number of benzene rings is 2. The van der Waals surface area contributed by atoms with Gasteiger partial charge in [0.2, 0.25) is 0 Å². The molecule has 2 nitrogen and oxygen atoms in total. The van der Waals surface area contributed by atoms with Gasteiger partial charge in [-0.05, 0) is 30.2 Å². The molecule has 0 heterocycles. The molecular formula is C14H12ClNO. The second-order valence-electron chi connectivity index (χ2n) is 3.74. The summed E-state index contributed by atoms with van der Waals surface area (Å²) >= 11 is 5.87. The van der Waals surface area contributed by atoms with Crippen LogP contribution < -0.4 is 0 Å². The van der Waals surface area contributed by atoms with Crippen molar-refractivity contribution in [3.8, 4) is 11.1 Å². The molecule has 86 valence electrons. The molecule has 0 atom stereocenters. The van der Waals surface area contributed by atoms with Crippen molar-refractivity contribution < 1.29 is 5.21 Å². The van der Waals surface area contributed by atoms with Gasteiger partial charge in [-0.15, -0.1) is 0 Å². The maximum atomic E-state index is 8.87. The van der Waals surface area contributed by atoms with E-state index in [1.54, 1.807) is 6.92 Å². The van der Waals surface area contributed by atoms with Gasteiger partial charge in [0.1, 0.15) is 0 Å². The lowest BCUT2D eigenvalue weighted by Crippen LogP contribution is -1.97. The minimum Gasteiger partial charge on any atom is -0.411 e. The van der Waals surface area contributed by atoms with Gasteiger partial charge in [-0.3, -0.25) is 0 Å². The van der Waals surface area contributed by atoms with Crippen molar-refractivity contribution >= 4 is 17.3 Å². The van der Waals surface area contributed by atoms with Crippen molar-refractivity contribution in [2.75, 3.05) is 0 Å². The Hall–Kier alpha value is -1.80. The Kier molecular flexibility index (Phi) is 3.45. The molecule has 0 saturated heterocycles. The summed E-state index contributed by atoms with van der Waals surface area (Å²) in [5, 5.41) is 12.8. The van der Waals surface area contributed by atoms with E-state index in [1.807, 2.05) is 48.5 Å². The number of hydrogen-bond acceptors (Lipinski definition) is 2. The van der Waals surface area contributed by atoms with Crippen molar-refractivity contribution in [1.29, 1.82) is 0 Å². The Labute approximate surface area is 105 Å². The number of hydrogen-bond donors (Lipinski definition) is 1. The Morgan fingerprint density at radius 1 is 1.06 bits per heavy atom. The Morgan fingerprint density at radius 3 is 2.35 bits per heavy atom. The summed E-state index contributed by atoms with van der Waals surface area (Å²) in [5.41, 5.74) is 3.58. The van der Waals surface area contributed by atoms with E-state index in [2.05, 4.69) is 5.16 Å². The molecule has 0 aliphatic rings. The highest BCUT2D eigenvalue weighted by molar-refractivity contribution is 6.30. The molecule has 0 aliphatic carbocycles. The van der Waals surface area contributed by atoms with Crippen molar-refractivity contribution in [3.63, 3.8) is 0 Å². The average Bonchev–Trinajstić information content (AvgIpc) is 2.39. The van der Waals surface area contributed by atoms with Crippen LogP contribution in [0.25, 0.3) is 11.1 Å². The Morgan fingerprint density at radius 2 is 1.71 bits per heavy atom. The van der Waals surface area contributed by atoms with E-state index in [4.69, 9.17) is 16.8 Å². The van der Waals surface area contributed by atoms with Crippen LogP contribution in [0.3, 0.4) is 0 Å². The molecule has 0 radical (unpaired) electrons. The van der Waals surface area contributed by atoms with Gasteiger partial charge in [-0.1, -0.05) is 53.2 Å². The van der Waals surface area contributed by atoms with Crippen LogP contribution in [0.2, 0.25) is 5.02 Å². The summed E-state index contributed by atoms with van der Waals surface area (Å²) in [6.07, 6.45) is 0. The van der Waals surface area contributed by atoms with E-state index in [-0.39, 0.29) is 0 Å². The summed E-state index contributed by atoms with van der Waals surface area (Å²) < 4.78 is 0. The summed E-state index contributed by atoms with van der Waals surface area (Å²) in [5.74, 6) is 0. The first-order valence-corrected chi connectivity index (χ1v) is 5.64. The molecule has 0 saturated carbocycles. The van der Waals surface area contributed by atoms with Crippen LogP contribution in [0.15, 0.2) is 53.7 Å². The fourth-order valence-corrected chi connectivity index (χ4v) is 1.86. The van der Waals surface area contributed by atoms with Gasteiger partial charge >= 0.3 is 0 Å². The second kappa shape index (κ2) is 5.02. The van der Waals surface area contributed by atoms with E-state index >= 15 is 0 Å². The fourth-order valence-electron chi connectivity index (χ4n) is 1.73. The number of rotatable bonds is 2. The molecule has 0 spiro atoms. The Balaban J connectivity index is 2.55. The minimum absolute atomic E-state index is 0.593. The van der Waals surface area contributed by atoms with E-state index < -0.39 is 0 Å². The largest absolute Gasteiger partial charge is 0.411 e. The lowest BCUT2D eigenvalue weighted by atomic mass is 9.97. The highest BCUT2D eigenvalue weighted by Crippen LogP contribution is 2.25. The van der Waals surface area contributed by atoms with Crippen LogP contribution in [-0.2, 0) is 0 Å². The monoisotopic (exact) mass is 245 g/mol. The van der Waals surface area contributed by atoms with Crippen LogP contribution >= 0.6 is 11.6 Å². The molecule has 0 fully saturated rings. The number of nitrogens with zero attached hydrogens (tertiary/aromatic N) is 1. The zero-order chi connectivity index (χ0) is 12.3. The molecule has 2 rings (SSSR count). The van der Waals surface area contributed by atoms with Gasteiger partial charge in [0, 0.05) is 10.6 Å². The third-order valence-electron chi connectivity index (χ3n) is 2.62. The van der Waals surface area contributed by atoms with Gasteiger partial charge in [0.25, 0.3) is 0 Å². The first kappa shape index (κ1) is 11.7. The molecule has 0 unspecified atom stereocenters. The predicted octanol–water partition coefficient (Wildman–Crippen LogP) is 4.21. The average molecular weight is 246 g/mol. The molecule has 0 aromatic heterocycles. The van der Waals surface area contributed by atoms with Crippen LogP contribution in [0.1, 0.15) is 12.5 Å². The van der Waals surface area contributed by atoms with Gasteiger partial charge < -0.3 is 5.21 Å². The first-order chi connectivity index (χ1) is 8.22. The van der Waals surface area contributed by atoms with Crippen molar-refractivity contribution in [2.45, 2.75) is 6.92 Å². The molecule has 2 aromatic carbocycles. The molecule has 17 heavy (non-hydrogen) atoms. The van der Waals surface area contributed by atoms with Gasteiger partial charge in [0.15, 0.2) is 0 Å². The zero-order valence-corrected chi connectivity index (χ0v) is 10.1. The SMILES string of the molecule is CC(=NO)c1ccccc1-c1ccc(Cl)cc1. The third-order valence-corrected chi connectivity index (χ3v) is 2.87. The molecule has 0 bridgehead atoms. The highest BCUT2D eigenvalue weighted by atomic mass is 35.5. The minimum atomic E-state index is 0.593. The smallest absolute Gasteiger partial charge is 0.0843 e. The maximum absolute atomic E-state index is 8.87. The highest BCUT2D eigenvalue weighted by Gasteiger charge is 2.07. The molecule has 0 aliphatic heterocycles. The number of halogens is 1. The lowest BCUT2D eigenvalue weighted by Gasteiger charge is -2.08. The van der Waals surface area contributed by atoms with Crippen molar-refractivity contribution in [1.82, 2.24) is 0 Å². The summed E-state index contributed by atoms with van der Waals surface area (Å²) in [7, 11) is 0. The van der Waals surface area contributed by atoms with E-state index in [0.717, 1.165) is 16.7 Å². The third kappa shape index (κ3) is 2.48.